The van der Waals surface area contributed by atoms with Gasteiger partial charge in [0, 0.05) is 32.8 Å². The number of amides is 2. The zero-order valence-corrected chi connectivity index (χ0v) is 13.6. The number of aromatic amines is 1. The molecule has 4 rings (SSSR count). The number of hydrogen-bond donors (Lipinski definition) is 2. The molecular formula is C16H20N6O2. The molecule has 2 amide bonds. The fourth-order valence-electron chi connectivity index (χ4n) is 3.53. The number of hydrogen-bond acceptors (Lipinski definition) is 5. The van der Waals surface area contributed by atoms with E-state index >= 15 is 0 Å². The first-order chi connectivity index (χ1) is 11.6. The van der Waals surface area contributed by atoms with E-state index in [0.29, 0.717) is 6.54 Å². The number of fused-ring (bicyclic) bond motifs is 1. The van der Waals surface area contributed by atoms with Crippen molar-refractivity contribution in [2.75, 3.05) is 31.1 Å². The Labute approximate surface area is 139 Å². The van der Waals surface area contributed by atoms with E-state index in [2.05, 4.69) is 25.2 Å². The number of nitrogens with zero attached hydrogens (tertiary/aromatic N) is 4. The number of rotatable bonds is 3. The Bertz CT molecular complexity index is 797. The molecule has 1 aliphatic carbocycles. The number of piperazine rings is 1. The molecule has 0 aromatic carbocycles. The predicted octanol–water partition coefficient (Wildman–Crippen LogP) is 0.275. The highest BCUT2D eigenvalue weighted by molar-refractivity contribution is 5.88. The molecule has 2 N–H and O–H groups in total. The Balaban J connectivity index is 1.53. The molecule has 1 saturated heterocycles. The van der Waals surface area contributed by atoms with Gasteiger partial charge in [0.15, 0.2) is 0 Å². The van der Waals surface area contributed by atoms with E-state index in [1.807, 2.05) is 17.2 Å². The maximum atomic E-state index is 12.4. The third kappa shape index (κ3) is 2.47. The van der Waals surface area contributed by atoms with Crippen LogP contribution in [-0.4, -0.2) is 63.4 Å². The fourth-order valence-corrected chi connectivity index (χ4v) is 3.53. The Morgan fingerprint density at radius 3 is 2.92 bits per heavy atom. The molecule has 1 spiro atoms. The van der Waals surface area contributed by atoms with Crippen LogP contribution in [0.4, 0.5) is 5.82 Å². The molecule has 2 aromatic rings. The molecule has 0 radical (unpaired) electrons. The van der Waals surface area contributed by atoms with E-state index < -0.39 is 0 Å². The van der Waals surface area contributed by atoms with Gasteiger partial charge >= 0.3 is 0 Å². The van der Waals surface area contributed by atoms with E-state index in [1.54, 1.807) is 6.33 Å². The van der Waals surface area contributed by atoms with Crippen LogP contribution in [0.5, 0.6) is 0 Å². The minimum atomic E-state index is -0.178. The van der Waals surface area contributed by atoms with Crippen molar-refractivity contribution in [3.63, 3.8) is 0 Å². The zero-order valence-electron chi connectivity index (χ0n) is 13.6. The second kappa shape index (κ2) is 5.47. The Hall–Kier alpha value is -2.64. The van der Waals surface area contributed by atoms with Gasteiger partial charge in [0.2, 0.25) is 11.8 Å². The number of nitrogens with one attached hydrogen (secondary N) is 2. The summed E-state index contributed by atoms with van der Waals surface area (Å²) in [5, 5.41) is 3.61. The molecule has 0 bridgehead atoms. The molecule has 8 heteroatoms. The normalized spacial score (nSPS) is 18.9. The van der Waals surface area contributed by atoms with Gasteiger partial charge in [-0.3, -0.25) is 9.59 Å². The van der Waals surface area contributed by atoms with Gasteiger partial charge in [-0.05, 0) is 18.9 Å². The van der Waals surface area contributed by atoms with Gasteiger partial charge in [-0.25, -0.2) is 9.97 Å². The first-order valence-corrected chi connectivity index (χ1v) is 8.17. The first-order valence-electron chi connectivity index (χ1n) is 8.17. The summed E-state index contributed by atoms with van der Waals surface area (Å²) in [4.78, 5) is 39.5. The molecular weight excluding hydrogens is 308 g/mol. The van der Waals surface area contributed by atoms with Crippen molar-refractivity contribution in [1.29, 1.82) is 0 Å². The summed E-state index contributed by atoms with van der Waals surface area (Å²) in [6.07, 6.45) is 5.43. The monoisotopic (exact) mass is 328 g/mol. The quantitative estimate of drug-likeness (QED) is 0.844. The standard InChI is InChI=1S/C16H20N6O2/c1-11(23)18-8-13(24)22-7-6-21(9-16(22)3-4-16)15-12-2-5-17-14(12)19-10-20-15/h2,5,10H,3-4,6-9H2,1H3,(H,18,23)(H,17,19,20). The summed E-state index contributed by atoms with van der Waals surface area (Å²) >= 11 is 0. The van der Waals surface area contributed by atoms with Crippen LogP contribution in [0, 0.1) is 0 Å². The minimum Gasteiger partial charge on any atom is -0.352 e. The predicted molar refractivity (Wildman–Crippen MR) is 88.5 cm³/mol. The molecule has 2 aliphatic rings. The van der Waals surface area contributed by atoms with Crippen LogP contribution in [0.2, 0.25) is 0 Å². The summed E-state index contributed by atoms with van der Waals surface area (Å²) in [5.41, 5.74) is 0.718. The van der Waals surface area contributed by atoms with Crippen LogP contribution in [-0.2, 0) is 9.59 Å². The zero-order chi connectivity index (χ0) is 16.7. The number of H-pyrrole nitrogens is 1. The van der Waals surface area contributed by atoms with Crippen molar-refractivity contribution in [3.05, 3.63) is 18.6 Å². The van der Waals surface area contributed by atoms with Crippen molar-refractivity contribution in [1.82, 2.24) is 25.2 Å². The lowest BCUT2D eigenvalue weighted by molar-refractivity contribution is -0.135. The van der Waals surface area contributed by atoms with Crippen LogP contribution >= 0.6 is 0 Å². The number of carbonyl (C=O) groups is 2. The van der Waals surface area contributed by atoms with Crippen molar-refractivity contribution in [2.45, 2.75) is 25.3 Å². The lowest BCUT2D eigenvalue weighted by Crippen LogP contribution is -2.59. The lowest BCUT2D eigenvalue weighted by atomic mass is 10.1. The van der Waals surface area contributed by atoms with E-state index in [1.165, 1.54) is 6.92 Å². The van der Waals surface area contributed by atoms with E-state index in [-0.39, 0.29) is 23.9 Å². The SMILES string of the molecule is CC(=O)NCC(=O)N1CCN(c2ncnc3[nH]ccc23)CC12CC2. The number of carbonyl (C=O) groups excluding carboxylic acids is 2. The molecule has 2 aromatic heterocycles. The molecule has 0 unspecified atom stereocenters. The molecule has 24 heavy (non-hydrogen) atoms. The molecule has 126 valence electrons. The average Bonchev–Trinajstić information content (AvgIpc) is 3.15. The smallest absolute Gasteiger partial charge is 0.242 e. The second-order valence-corrected chi connectivity index (χ2v) is 6.54. The van der Waals surface area contributed by atoms with Gasteiger partial charge in [-0.2, -0.15) is 0 Å². The maximum Gasteiger partial charge on any atom is 0.242 e. The number of aromatic nitrogens is 3. The van der Waals surface area contributed by atoms with Crippen molar-refractivity contribution < 1.29 is 9.59 Å². The summed E-state index contributed by atoms with van der Waals surface area (Å²) in [6, 6.07) is 1.98. The highest BCUT2D eigenvalue weighted by Gasteiger charge is 2.53. The van der Waals surface area contributed by atoms with Gasteiger partial charge < -0.3 is 20.1 Å². The molecule has 3 heterocycles. The first kappa shape index (κ1) is 14.9. The van der Waals surface area contributed by atoms with Gasteiger partial charge in [0.25, 0.3) is 0 Å². The summed E-state index contributed by atoms with van der Waals surface area (Å²) < 4.78 is 0. The molecule has 2 fully saturated rings. The van der Waals surface area contributed by atoms with Crippen LogP contribution in [0.3, 0.4) is 0 Å². The van der Waals surface area contributed by atoms with Crippen molar-refractivity contribution in [2.24, 2.45) is 0 Å². The van der Waals surface area contributed by atoms with Gasteiger partial charge in [-0.15, -0.1) is 0 Å². The summed E-state index contributed by atoms with van der Waals surface area (Å²) in [5.74, 6) is 0.737. The van der Waals surface area contributed by atoms with E-state index in [4.69, 9.17) is 0 Å². The largest absolute Gasteiger partial charge is 0.352 e. The average molecular weight is 328 g/mol. The Kier molecular flexibility index (Phi) is 3.40. The van der Waals surface area contributed by atoms with Crippen LogP contribution in [0.25, 0.3) is 11.0 Å². The Morgan fingerprint density at radius 2 is 2.17 bits per heavy atom. The molecule has 0 atom stereocenters. The topological polar surface area (TPSA) is 94.2 Å². The van der Waals surface area contributed by atoms with Gasteiger partial charge in [-0.1, -0.05) is 0 Å². The van der Waals surface area contributed by atoms with E-state index in [0.717, 1.165) is 42.8 Å². The van der Waals surface area contributed by atoms with Crippen LogP contribution in [0.1, 0.15) is 19.8 Å². The molecule has 1 aliphatic heterocycles. The lowest BCUT2D eigenvalue weighted by Gasteiger charge is -2.42. The fraction of sp³-hybridized carbons (Fsp3) is 0.500. The third-order valence-electron chi connectivity index (χ3n) is 4.90. The molecule has 1 saturated carbocycles. The summed E-state index contributed by atoms with van der Waals surface area (Å²) in [7, 11) is 0. The van der Waals surface area contributed by atoms with Gasteiger partial charge in [0.1, 0.15) is 17.8 Å². The minimum absolute atomic E-state index is 0.00294. The maximum absolute atomic E-state index is 12.4. The van der Waals surface area contributed by atoms with Crippen molar-refractivity contribution in [3.8, 4) is 0 Å². The summed E-state index contributed by atoms with van der Waals surface area (Å²) in [6.45, 7) is 3.65. The van der Waals surface area contributed by atoms with Crippen LogP contribution in [0.15, 0.2) is 18.6 Å². The highest BCUT2D eigenvalue weighted by Crippen LogP contribution is 2.45. The molecule has 8 nitrogen and oxygen atoms in total. The highest BCUT2D eigenvalue weighted by atomic mass is 16.2. The van der Waals surface area contributed by atoms with Crippen LogP contribution < -0.4 is 10.2 Å². The third-order valence-corrected chi connectivity index (χ3v) is 4.90. The number of anilines is 1. The Morgan fingerprint density at radius 1 is 1.33 bits per heavy atom. The van der Waals surface area contributed by atoms with E-state index in [9.17, 15) is 9.59 Å². The second-order valence-electron chi connectivity index (χ2n) is 6.54. The van der Waals surface area contributed by atoms with Gasteiger partial charge in [0.05, 0.1) is 17.5 Å². The van der Waals surface area contributed by atoms with Crippen molar-refractivity contribution >= 4 is 28.7 Å².